The van der Waals surface area contributed by atoms with Crippen molar-refractivity contribution in [2.45, 2.75) is 46.1 Å². The molecule has 1 aromatic carbocycles. The predicted molar refractivity (Wildman–Crippen MR) is 82.1 cm³/mol. The second kappa shape index (κ2) is 6.08. The van der Waals surface area contributed by atoms with E-state index in [1.165, 1.54) is 4.90 Å². The number of benzene rings is 1. The van der Waals surface area contributed by atoms with Crippen LogP contribution in [0.15, 0.2) is 30.3 Å². The van der Waals surface area contributed by atoms with Crippen molar-refractivity contribution < 1.29 is 19.1 Å². The number of carbonyl (C=O) groups excluding carboxylic acids is 2. The fourth-order valence-corrected chi connectivity index (χ4v) is 2.48. The Morgan fingerprint density at radius 2 is 2.05 bits per heavy atom. The molecule has 0 radical (unpaired) electrons. The van der Waals surface area contributed by atoms with Crippen LogP contribution >= 0.6 is 0 Å². The summed E-state index contributed by atoms with van der Waals surface area (Å²) in [5.41, 5.74) is -0.408. The summed E-state index contributed by atoms with van der Waals surface area (Å²) in [5.74, 6) is 0. The Morgan fingerprint density at radius 3 is 2.59 bits per heavy atom. The Morgan fingerprint density at radius 1 is 1.41 bits per heavy atom. The zero-order valence-electron chi connectivity index (χ0n) is 13.5. The molecule has 0 bridgehead atoms. The van der Waals surface area contributed by atoms with Gasteiger partial charge in [-0.05, 0) is 12.5 Å². The van der Waals surface area contributed by atoms with Crippen molar-refractivity contribution in [1.82, 2.24) is 4.90 Å². The van der Waals surface area contributed by atoms with E-state index >= 15 is 0 Å². The van der Waals surface area contributed by atoms with Gasteiger partial charge in [0.1, 0.15) is 24.7 Å². The lowest BCUT2D eigenvalue weighted by atomic mass is 9.92. The third-order valence-electron chi connectivity index (χ3n) is 3.71. The Labute approximate surface area is 131 Å². The maximum absolute atomic E-state index is 12.5. The van der Waals surface area contributed by atoms with E-state index in [-0.39, 0.29) is 18.6 Å². The van der Waals surface area contributed by atoms with Gasteiger partial charge in [0.15, 0.2) is 0 Å². The number of aldehydes is 1. The standard InChI is InChI=1S/C17H23NO4/c1-16(2,3)14-18(17(4,11-19)12-22-14)15(20)21-10-13-8-6-5-7-9-13/h5-9,11,14H,10,12H2,1-4H3. The van der Waals surface area contributed by atoms with Crippen LogP contribution in [0.5, 0.6) is 0 Å². The Kier molecular flexibility index (Phi) is 4.56. The molecule has 1 amide bonds. The summed E-state index contributed by atoms with van der Waals surface area (Å²) in [6.07, 6.45) is -0.274. The molecule has 5 heteroatoms. The number of rotatable bonds is 3. The third-order valence-corrected chi connectivity index (χ3v) is 3.71. The molecule has 1 saturated heterocycles. The predicted octanol–water partition coefficient (Wildman–Crippen LogP) is 2.99. The van der Waals surface area contributed by atoms with Crippen LogP contribution < -0.4 is 0 Å². The van der Waals surface area contributed by atoms with Gasteiger partial charge in [-0.3, -0.25) is 4.90 Å². The molecule has 1 aliphatic heterocycles. The van der Waals surface area contributed by atoms with Gasteiger partial charge < -0.3 is 14.3 Å². The first kappa shape index (κ1) is 16.5. The molecule has 0 N–H and O–H groups in total. The van der Waals surface area contributed by atoms with Crippen LogP contribution in [0.2, 0.25) is 0 Å². The first-order valence-corrected chi connectivity index (χ1v) is 7.36. The average molecular weight is 305 g/mol. The molecule has 2 unspecified atom stereocenters. The molecular formula is C17H23NO4. The summed E-state index contributed by atoms with van der Waals surface area (Å²) in [6, 6.07) is 9.44. The lowest BCUT2D eigenvalue weighted by Gasteiger charge is -2.37. The van der Waals surface area contributed by atoms with Crippen molar-refractivity contribution in [2.75, 3.05) is 6.61 Å². The van der Waals surface area contributed by atoms with E-state index in [0.29, 0.717) is 0 Å². The number of amides is 1. The smallest absolute Gasteiger partial charge is 0.413 e. The second-order valence-electron chi connectivity index (χ2n) is 6.91. The van der Waals surface area contributed by atoms with Gasteiger partial charge in [0.25, 0.3) is 0 Å². The summed E-state index contributed by atoms with van der Waals surface area (Å²) >= 11 is 0. The lowest BCUT2D eigenvalue weighted by Crippen LogP contribution is -2.54. The van der Waals surface area contributed by atoms with Gasteiger partial charge in [-0.15, -0.1) is 0 Å². The second-order valence-corrected chi connectivity index (χ2v) is 6.91. The van der Waals surface area contributed by atoms with Gasteiger partial charge in [0, 0.05) is 5.41 Å². The monoisotopic (exact) mass is 305 g/mol. The molecule has 0 saturated carbocycles. The maximum atomic E-state index is 12.5. The maximum Gasteiger partial charge on any atom is 0.413 e. The number of carbonyl (C=O) groups is 2. The SMILES string of the molecule is CC(C)(C)C1OCC(C)(C=O)N1C(=O)OCc1ccccc1. The van der Waals surface area contributed by atoms with Gasteiger partial charge in [-0.1, -0.05) is 51.1 Å². The first-order valence-electron chi connectivity index (χ1n) is 7.36. The van der Waals surface area contributed by atoms with Crippen LogP contribution in [-0.4, -0.2) is 35.7 Å². The summed E-state index contributed by atoms with van der Waals surface area (Å²) in [5, 5.41) is 0. The summed E-state index contributed by atoms with van der Waals surface area (Å²) in [6.45, 7) is 7.93. The van der Waals surface area contributed by atoms with Crippen LogP contribution in [0.25, 0.3) is 0 Å². The van der Waals surface area contributed by atoms with Crippen LogP contribution in [0, 0.1) is 5.41 Å². The average Bonchev–Trinajstić information content (AvgIpc) is 2.84. The van der Waals surface area contributed by atoms with E-state index < -0.39 is 17.9 Å². The molecule has 1 heterocycles. The Bertz CT molecular complexity index is 537. The molecule has 0 aromatic heterocycles. The molecule has 120 valence electrons. The number of nitrogens with zero attached hydrogens (tertiary/aromatic N) is 1. The van der Waals surface area contributed by atoms with Crippen molar-refractivity contribution in [3.8, 4) is 0 Å². The van der Waals surface area contributed by atoms with Gasteiger partial charge in [0.2, 0.25) is 0 Å². The molecule has 1 aromatic rings. The van der Waals surface area contributed by atoms with E-state index in [4.69, 9.17) is 9.47 Å². The number of hydrogen-bond donors (Lipinski definition) is 0. The zero-order valence-corrected chi connectivity index (χ0v) is 13.5. The minimum absolute atomic E-state index is 0.169. The molecule has 0 aliphatic carbocycles. The van der Waals surface area contributed by atoms with E-state index in [9.17, 15) is 9.59 Å². The summed E-state index contributed by atoms with van der Waals surface area (Å²) < 4.78 is 11.1. The largest absolute Gasteiger partial charge is 0.444 e. The Hall–Kier alpha value is -1.88. The summed E-state index contributed by atoms with van der Waals surface area (Å²) in [4.78, 5) is 25.4. The van der Waals surface area contributed by atoms with Gasteiger partial charge in [-0.25, -0.2) is 4.79 Å². The fourth-order valence-electron chi connectivity index (χ4n) is 2.48. The molecule has 1 aliphatic rings. The van der Waals surface area contributed by atoms with E-state index in [0.717, 1.165) is 11.8 Å². The summed E-state index contributed by atoms with van der Waals surface area (Å²) in [7, 11) is 0. The highest BCUT2D eigenvalue weighted by Crippen LogP contribution is 2.36. The normalized spacial score (nSPS) is 25.1. The number of ether oxygens (including phenoxy) is 2. The molecule has 22 heavy (non-hydrogen) atoms. The molecule has 2 rings (SSSR count). The van der Waals surface area contributed by atoms with Crippen molar-refractivity contribution >= 4 is 12.4 Å². The van der Waals surface area contributed by atoms with Crippen LogP contribution in [0.4, 0.5) is 4.79 Å². The highest BCUT2D eigenvalue weighted by atomic mass is 16.6. The molecule has 5 nitrogen and oxygen atoms in total. The first-order chi connectivity index (χ1) is 10.3. The Balaban J connectivity index is 2.14. The fraction of sp³-hybridized carbons (Fsp3) is 0.529. The van der Waals surface area contributed by atoms with E-state index in [1.54, 1.807) is 6.92 Å². The minimum atomic E-state index is -0.994. The third kappa shape index (κ3) is 3.30. The van der Waals surface area contributed by atoms with Crippen LogP contribution in [-0.2, 0) is 20.9 Å². The van der Waals surface area contributed by atoms with Crippen LogP contribution in [0.1, 0.15) is 33.3 Å². The van der Waals surface area contributed by atoms with Crippen molar-refractivity contribution in [3.63, 3.8) is 0 Å². The van der Waals surface area contributed by atoms with E-state index in [1.807, 2.05) is 51.1 Å². The van der Waals surface area contributed by atoms with Gasteiger partial charge in [0.05, 0.1) is 6.61 Å². The molecule has 2 atom stereocenters. The zero-order chi connectivity index (χ0) is 16.4. The van der Waals surface area contributed by atoms with Crippen molar-refractivity contribution in [2.24, 2.45) is 5.41 Å². The van der Waals surface area contributed by atoms with Crippen molar-refractivity contribution in [1.29, 1.82) is 0 Å². The molecule has 0 spiro atoms. The quantitative estimate of drug-likeness (QED) is 0.806. The lowest BCUT2D eigenvalue weighted by molar-refractivity contribution is -0.116. The van der Waals surface area contributed by atoms with E-state index in [2.05, 4.69) is 0 Å². The van der Waals surface area contributed by atoms with Gasteiger partial charge >= 0.3 is 6.09 Å². The highest BCUT2D eigenvalue weighted by molar-refractivity contribution is 5.77. The van der Waals surface area contributed by atoms with Crippen LogP contribution in [0.3, 0.4) is 0 Å². The molecule has 1 fully saturated rings. The topological polar surface area (TPSA) is 55.8 Å². The highest BCUT2D eigenvalue weighted by Gasteiger charge is 2.51. The van der Waals surface area contributed by atoms with Gasteiger partial charge in [-0.2, -0.15) is 0 Å². The minimum Gasteiger partial charge on any atom is -0.444 e. The molecular weight excluding hydrogens is 282 g/mol. The number of hydrogen-bond acceptors (Lipinski definition) is 4. The van der Waals surface area contributed by atoms with Crippen molar-refractivity contribution in [3.05, 3.63) is 35.9 Å².